The molecule has 0 saturated carbocycles. The largest absolute Gasteiger partial charge is 0.316 e. The molecular formula is C15H32N4. The molecule has 0 aromatic rings. The number of hydrogen-bond acceptors (Lipinski definition) is 4. The Kier molecular flexibility index (Phi) is 6.07. The van der Waals surface area contributed by atoms with Crippen molar-refractivity contribution in [2.45, 2.75) is 64.2 Å². The second-order valence-corrected chi connectivity index (χ2v) is 6.77. The Morgan fingerprint density at radius 3 is 2.37 bits per heavy atom. The third kappa shape index (κ3) is 5.38. The predicted molar refractivity (Wildman–Crippen MR) is 81.5 cm³/mol. The molecule has 4 heteroatoms. The smallest absolute Gasteiger partial charge is 0.0195 e. The van der Waals surface area contributed by atoms with Gasteiger partial charge in [0, 0.05) is 50.3 Å². The van der Waals surface area contributed by atoms with Gasteiger partial charge < -0.3 is 21.3 Å². The molecule has 2 rings (SSSR count). The van der Waals surface area contributed by atoms with Crippen LogP contribution in [0.4, 0.5) is 0 Å². The van der Waals surface area contributed by atoms with Crippen LogP contribution >= 0.6 is 0 Å². The first kappa shape index (κ1) is 15.2. The fourth-order valence-electron chi connectivity index (χ4n) is 3.00. The third-order valence-electron chi connectivity index (χ3n) is 4.37. The minimum absolute atomic E-state index is 0.595. The van der Waals surface area contributed by atoms with Crippen LogP contribution in [0.3, 0.4) is 0 Å². The van der Waals surface area contributed by atoms with Gasteiger partial charge in [-0.1, -0.05) is 13.8 Å². The molecule has 0 amide bonds. The quantitative estimate of drug-likeness (QED) is 0.523. The number of rotatable bonds is 8. The van der Waals surface area contributed by atoms with Crippen LogP contribution in [0.15, 0.2) is 0 Å². The molecule has 112 valence electrons. The first-order valence-electron chi connectivity index (χ1n) is 8.07. The zero-order valence-corrected chi connectivity index (χ0v) is 12.8. The molecule has 2 aliphatic heterocycles. The van der Waals surface area contributed by atoms with Gasteiger partial charge in [0.1, 0.15) is 0 Å². The molecule has 4 N–H and O–H groups in total. The molecule has 4 nitrogen and oxygen atoms in total. The Hall–Kier alpha value is -0.160. The summed E-state index contributed by atoms with van der Waals surface area (Å²) < 4.78 is 0. The van der Waals surface area contributed by atoms with Gasteiger partial charge in [-0.25, -0.2) is 0 Å². The van der Waals surface area contributed by atoms with E-state index in [1.165, 1.54) is 38.9 Å². The highest BCUT2D eigenvalue weighted by molar-refractivity contribution is 4.87. The van der Waals surface area contributed by atoms with E-state index in [0.717, 1.165) is 12.5 Å². The molecule has 2 heterocycles. The van der Waals surface area contributed by atoms with Crippen LogP contribution in [0.25, 0.3) is 0 Å². The van der Waals surface area contributed by atoms with Crippen molar-refractivity contribution in [1.82, 2.24) is 21.3 Å². The zero-order chi connectivity index (χ0) is 13.7. The molecule has 19 heavy (non-hydrogen) atoms. The second kappa shape index (κ2) is 7.58. The maximum Gasteiger partial charge on any atom is 0.0195 e. The maximum atomic E-state index is 3.78. The van der Waals surface area contributed by atoms with Gasteiger partial charge in [0.15, 0.2) is 0 Å². The molecule has 2 aliphatic rings. The minimum atomic E-state index is 0.595. The molecule has 0 aromatic heterocycles. The van der Waals surface area contributed by atoms with Crippen molar-refractivity contribution in [3.63, 3.8) is 0 Å². The van der Waals surface area contributed by atoms with Crippen molar-refractivity contribution >= 4 is 0 Å². The summed E-state index contributed by atoms with van der Waals surface area (Å²) in [6, 6.07) is 2.61. The van der Waals surface area contributed by atoms with E-state index < -0.39 is 0 Å². The standard InChI is InChI=1S/C15H32N4/c1-11(2)17-10-15-5-4-14(19-15)6-12(3)18-9-13-7-16-8-13/h11-19H,4-10H2,1-3H3. The van der Waals surface area contributed by atoms with Crippen molar-refractivity contribution in [3.05, 3.63) is 0 Å². The van der Waals surface area contributed by atoms with E-state index in [0.29, 0.717) is 24.2 Å². The van der Waals surface area contributed by atoms with Gasteiger partial charge in [0.25, 0.3) is 0 Å². The summed E-state index contributed by atoms with van der Waals surface area (Å²) in [6.45, 7) is 11.5. The van der Waals surface area contributed by atoms with Crippen molar-refractivity contribution in [3.8, 4) is 0 Å². The van der Waals surface area contributed by atoms with Crippen LogP contribution in [-0.2, 0) is 0 Å². The Morgan fingerprint density at radius 1 is 1.00 bits per heavy atom. The summed E-state index contributed by atoms with van der Waals surface area (Å²) in [6.07, 6.45) is 3.92. The number of nitrogens with one attached hydrogen (secondary N) is 4. The van der Waals surface area contributed by atoms with Crippen molar-refractivity contribution in [2.24, 2.45) is 5.92 Å². The Labute approximate surface area is 118 Å². The minimum Gasteiger partial charge on any atom is -0.316 e. The zero-order valence-electron chi connectivity index (χ0n) is 12.8. The third-order valence-corrected chi connectivity index (χ3v) is 4.37. The molecule has 0 bridgehead atoms. The van der Waals surface area contributed by atoms with E-state index in [2.05, 4.69) is 42.0 Å². The summed E-state index contributed by atoms with van der Waals surface area (Å²) in [5, 5.41) is 14.3. The summed E-state index contributed by atoms with van der Waals surface area (Å²) in [5.41, 5.74) is 0. The van der Waals surface area contributed by atoms with Crippen LogP contribution in [-0.4, -0.2) is 50.3 Å². The van der Waals surface area contributed by atoms with E-state index in [1.807, 2.05) is 0 Å². The average molecular weight is 268 g/mol. The monoisotopic (exact) mass is 268 g/mol. The van der Waals surface area contributed by atoms with E-state index in [1.54, 1.807) is 0 Å². The lowest BCUT2D eigenvalue weighted by Gasteiger charge is -2.29. The van der Waals surface area contributed by atoms with Gasteiger partial charge in [-0.15, -0.1) is 0 Å². The normalized spacial score (nSPS) is 29.7. The molecule has 0 radical (unpaired) electrons. The van der Waals surface area contributed by atoms with Crippen molar-refractivity contribution in [2.75, 3.05) is 26.2 Å². The molecule has 3 unspecified atom stereocenters. The Bertz CT molecular complexity index is 253. The van der Waals surface area contributed by atoms with Gasteiger partial charge >= 0.3 is 0 Å². The lowest BCUT2D eigenvalue weighted by Crippen LogP contribution is -2.49. The van der Waals surface area contributed by atoms with Crippen LogP contribution in [0.2, 0.25) is 0 Å². The fourth-order valence-corrected chi connectivity index (χ4v) is 3.00. The van der Waals surface area contributed by atoms with Crippen LogP contribution in [0.5, 0.6) is 0 Å². The maximum absolute atomic E-state index is 3.78. The SMILES string of the molecule is CC(C)NCC1CCC(CC(C)NCC2CNC2)N1. The average Bonchev–Trinajstić information content (AvgIpc) is 2.72. The highest BCUT2D eigenvalue weighted by Gasteiger charge is 2.25. The van der Waals surface area contributed by atoms with Gasteiger partial charge in [0.05, 0.1) is 0 Å². The van der Waals surface area contributed by atoms with E-state index in [-0.39, 0.29) is 0 Å². The molecule has 0 spiro atoms. The molecule has 2 fully saturated rings. The summed E-state index contributed by atoms with van der Waals surface area (Å²) in [5.74, 6) is 0.863. The van der Waals surface area contributed by atoms with Crippen LogP contribution in [0.1, 0.15) is 40.0 Å². The molecule has 0 aromatic carbocycles. The van der Waals surface area contributed by atoms with Gasteiger partial charge in [0.2, 0.25) is 0 Å². The van der Waals surface area contributed by atoms with Gasteiger partial charge in [-0.05, 0) is 32.1 Å². The number of hydrogen-bond donors (Lipinski definition) is 4. The van der Waals surface area contributed by atoms with Gasteiger partial charge in [-0.3, -0.25) is 0 Å². The first-order valence-corrected chi connectivity index (χ1v) is 8.07. The predicted octanol–water partition coefficient (Wildman–Crippen LogP) is 0.693. The molecule has 0 aliphatic carbocycles. The van der Waals surface area contributed by atoms with E-state index in [4.69, 9.17) is 0 Å². The molecular weight excluding hydrogens is 236 g/mol. The highest BCUT2D eigenvalue weighted by atomic mass is 15.1. The fraction of sp³-hybridized carbons (Fsp3) is 1.00. The Balaban J connectivity index is 1.55. The van der Waals surface area contributed by atoms with Crippen LogP contribution < -0.4 is 21.3 Å². The topological polar surface area (TPSA) is 48.1 Å². The van der Waals surface area contributed by atoms with Crippen molar-refractivity contribution < 1.29 is 0 Å². The summed E-state index contributed by atoms with van der Waals surface area (Å²) >= 11 is 0. The molecule has 2 saturated heterocycles. The van der Waals surface area contributed by atoms with E-state index >= 15 is 0 Å². The summed E-state index contributed by atoms with van der Waals surface area (Å²) in [7, 11) is 0. The molecule has 3 atom stereocenters. The highest BCUT2D eigenvalue weighted by Crippen LogP contribution is 2.16. The van der Waals surface area contributed by atoms with E-state index in [9.17, 15) is 0 Å². The van der Waals surface area contributed by atoms with Crippen molar-refractivity contribution in [1.29, 1.82) is 0 Å². The summed E-state index contributed by atoms with van der Waals surface area (Å²) in [4.78, 5) is 0. The lowest BCUT2D eigenvalue weighted by atomic mass is 10.0. The van der Waals surface area contributed by atoms with Gasteiger partial charge in [-0.2, -0.15) is 0 Å². The first-order chi connectivity index (χ1) is 9.13. The Morgan fingerprint density at radius 2 is 1.74 bits per heavy atom. The van der Waals surface area contributed by atoms with Crippen LogP contribution in [0, 0.1) is 5.92 Å². The second-order valence-electron chi connectivity index (χ2n) is 6.77. The lowest BCUT2D eigenvalue weighted by molar-refractivity contribution is 0.309.